The van der Waals surface area contributed by atoms with Crippen molar-refractivity contribution >= 4 is 62.9 Å². The van der Waals surface area contributed by atoms with E-state index >= 15 is 0 Å². The number of rotatable bonds is 4. The zero-order valence-corrected chi connectivity index (χ0v) is 25.6. The molecule has 0 aliphatic carbocycles. The second-order valence-corrected chi connectivity index (χ2v) is 10.8. The van der Waals surface area contributed by atoms with Crippen molar-refractivity contribution in [2.75, 3.05) is 11.1 Å². The number of amides is 1. The molecular formula is C33H22Cl2F2N6O3. The van der Waals surface area contributed by atoms with Crippen molar-refractivity contribution < 1.29 is 22.4 Å². The zero-order valence-electron chi connectivity index (χ0n) is 24.1. The molecule has 4 aromatic heterocycles. The van der Waals surface area contributed by atoms with Gasteiger partial charge in [0.2, 0.25) is 0 Å². The van der Waals surface area contributed by atoms with Crippen LogP contribution < -0.4 is 11.1 Å². The topological polar surface area (TPSA) is 133 Å². The van der Waals surface area contributed by atoms with E-state index in [0.29, 0.717) is 55.5 Å². The molecule has 0 unspecified atom stereocenters. The largest absolute Gasteiger partial charge is 0.441 e. The first-order chi connectivity index (χ1) is 22.0. The monoisotopic (exact) mass is 658 g/mol. The number of aryl methyl sites for hydroxylation is 2. The average Bonchev–Trinajstić information content (AvgIpc) is 3.56. The Labute approximate surface area is 270 Å². The van der Waals surface area contributed by atoms with Crippen LogP contribution in [0.4, 0.5) is 20.4 Å². The van der Waals surface area contributed by atoms with Crippen LogP contribution in [0.15, 0.2) is 88.0 Å². The third-order valence-corrected chi connectivity index (χ3v) is 7.40. The summed E-state index contributed by atoms with van der Waals surface area (Å²) in [6.07, 6.45) is 3.18. The number of nitrogens with two attached hydrogens (primary N) is 1. The second kappa shape index (κ2) is 12.5. The molecule has 1 amide bonds. The summed E-state index contributed by atoms with van der Waals surface area (Å²) in [6, 6.07) is 17.1. The number of fused-ring (bicyclic) bond motifs is 2. The number of halogens is 4. The van der Waals surface area contributed by atoms with Crippen molar-refractivity contribution in [1.29, 1.82) is 0 Å². The summed E-state index contributed by atoms with van der Waals surface area (Å²) in [5.41, 5.74) is 10.7. The molecule has 3 N–H and O–H groups in total. The number of hydrogen-bond donors (Lipinski definition) is 2. The lowest BCUT2D eigenvalue weighted by Crippen LogP contribution is -2.16. The van der Waals surface area contributed by atoms with Crippen molar-refractivity contribution in [2.24, 2.45) is 0 Å². The molecule has 7 aromatic rings. The number of aromatic nitrogens is 4. The van der Waals surface area contributed by atoms with Crippen LogP contribution in [0.5, 0.6) is 0 Å². The fraction of sp³-hybridized carbons (Fsp3) is 0.0606. The first kappa shape index (κ1) is 30.6. The van der Waals surface area contributed by atoms with Gasteiger partial charge in [-0.05, 0) is 60.7 Å². The second-order valence-electron chi connectivity index (χ2n) is 10.0. The summed E-state index contributed by atoms with van der Waals surface area (Å²) in [7, 11) is 0. The maximum absolute atomic E-state index is 13.7. The van der Waals surface area contributed by atoms with Gasteiger partial charge in [-0.15, -0.1) is 0 Å². The minimum atomic E-state index is -0.948. The zero-order chi connectivity index (χ0) is 32.5. The maximum Gasteiger partial charge on any atom is 0.262 e. The molecule has 0 atom stereocenters. The van der Waals surface area contributed by atoms with Gasteiger partial charge in [0.15, 0.2) is 22.9 Å². The summed E-state index contributed by atoms with van der Waals surface area (Å²) in [5.74, 6) is -1.05. The predicted molar refractivity (Wildman–Crippen MR) is 173 cm³/mol. The minimum Gasteiger partial charge on any atom is -0.441 e. The highest BCUT2D eigenvalue weighted by atomic mass is 35.5. The van der Waals surface area contributed by atoms with E-state index in [0.717, 1.165) is 28.8 Å². The van der Waals surface area contributed by atoms with Crippen LogP contribution in [-0.2, 0) is 0 Å². The molecule has 0 radical (unpaired) electrons. The van der Waals surface area contributed by atoms with E-state index in [9.17, 15) is 13.6 Å². The van der Waals surface area contributed by atoms with E-state index in [2.05, 4.69) is 25.3 Å². The molecule has 230 valence electrons. The quantitative estimate of drug-likeness (QED) is 0.192. The van der Waals surface area contributed by atoms with Crippen LogP contribution in [0.25, 0.3) is 44.5 Å². The summed E-state index contributed by atoms with van der Waals surface area (Å²) in [4.78, 5) is 28.8. The predicted octanol–water partition coefficient (Wildman–Crippen LogP) is 8.82. The van der Waals surface area contributed by atoms with Gasteiger partial charge in [0.05, 0.1) is 10.0 Å². The number of benzene rings is 3. The van der Waals surface area contributed by atoms with Gasteiger partial charge in [-0.25, -0.2) is 28.7 Å². The van der Waals surface area contributed by atoms with Gasteiger partial charge in [-0.1, -0.05) is 29.3 Å². The summed E-state index contributed by atoms with van der Waals surface area (Å²) in [6.45, 7) is 3.55. The molecule has 13 heteroatoms. The van der Waals surface area contributed by atoms with E-state index in [4.69, 9.17) is 37.8 Å². The van der Waals surface area contributed by atoms with Crippen LogP contribution in [0, 0.1) is 25.5 Å². The number of hydrogen-bond acceptors (Lipinski definition) is 8. The lowest BCUT2D eigenvalue weighted by molar-refractivity contribution is 0.101. The van der Waals surface area contributed by atoms with Gasteiger partial charge in [0.1, 0.15) is 39.9 Å². The number of carbonyl (C=O) groups excluding carboxylic acids is 1. The van der Waals surface area contributed by atoms with Gasteiger partial charge < -0.3 is 19.9 Å². The highest BCUT2D eigenvalue weighted by Gasteiger charge is 2.18. The Morgan fingerprint density at radius 3 is 1.76 bits per heavy atom. The van der Waals surface area contributed by atoms with Gasteiger partial charge in [0.25, 0.3) is 5.91 Å². The van der Waals surface area contributed by atoms with Crippen molar-refractivity contribution in [3.8, 4) is 22.3 Å². The summed E-state index contributed by atoms with van der Waals surface area (Å²) in [5, 5.41) is 3.45. The number of carbonyl (C=O) groups is 1. The molecule has 0 saturated carbocycles. The molecule has 46 heavy (non-hydrogen) atoms. The number of nitrogen functional groups attached to an aromatic ring is 1. The highest BCUT2D eigenvalue weighted by Crippen LogP contribution is 2.33. The fourth-order valence-corrected chi connectivity index (χ4v) is 5.19. The lowest BCUT2D eigenvalue weighted by atomic mass is 10.1. The average molecular weight is 659 g/mol. The fourth-order valence-electron chi connectivity index (χ4n) is 4.65. The molecule has 9 nitrogen and oxygen atoms in total. The Balaban J connectivity index is 0.000000178. The molecule has 0 bridgehead atoms. The van der Waals surface area contributed by atoms with Crippen molar-refractivity contribution in [2.45, 2.75) is 13.8 Å². The first-order valence-corrected chi connectivity index (χ1v) is 14.4. The molecule has 0 aliphatic rings. The Kier molecular flexibility index (Phi) is 8.35. The normalized spacial score (nSPS) is 11.0. The molecule has 0 saturated heterocycles. The standard InChI is InChI=1S/C20H12ClF2N3O2.C13H10ClN3O/c1-10-25-16-8-13(21)12(7-17(16)28-10)11-5-6-18(24-9-11)26-20(27)19-14(22)3-2-4-15(19)23;1-7-17-11-5-10(14)9(4-12(11)18-7)8-2-3-13(15)16-6-8/h2-9H,1H3,(H,24,26,27);2-6H,1H3,(H2,15,16). The number of pyridine rings is 2. The van der Waals surface area contributed by atoms with Crippen molar-refractivity contribution in [1.82, 2.24) is 19.9 Å². The van der Waals surface area contributed by atoms with E-state index in [1.807, 2.05) is 12.1 Å². The third-order valence-electron chi connectivity index (χ3n) is 6.77. The van der Waals surface area contributed by atoms with E-state index < -0.39 is 23.1 Å². The van der Waals surface area contributed by atoms with E-state index in [-0.39, 0.29) is 5.82 Å². The van der Waals surface area contributed by atoms with Gasteiger partial charge in [-0.2, -0.15) is 0 Å². The van der Waals surface area contributed by atoms with Crippen LogP contribution in [-0.4, -0.2) is 25.8 Å². The molecule has 4 heterocycles. The van der Waals surface area contributed by atoms with Crippen molar-refractivity contribution in [3.05, 3.63) is 118 Å². The Morgan fingerprint density at radius 2 is 1.28 bits per heavy atom. The molecule has 0 aliphatic heterocycles. The number of anilines is 2. The molecular weight excluding hydrogens is 637 g/mol. The molecule has 0 fully saturated rings. The number of nitrogens with one attached hydrogen (secondary N) is 1. The molecule has 0 spiro atoms. The van der Waals surface area contributed by atoms with Crippen LogP contribution in [0.2, 0.25) is 10.0 Å². The van der Waals surface area contributed by atoms with Crippen molar-refractivity contribution in [3.63, 3.8) is 0 Å². The number of oxazole rings is 2. The van der Waals surface area contributed by atoms with Crippen LogP contribution in [0.1, 0.15) is 22.1 Å². The first-order valence-electron chi connectivity index (χ1n) is 13.6. The van der Waals surface area contributed by atoms with Crippen LogP contribution in [0.3, 0.4) is 0 Å². The lowest BCUT2D eigenvalue weighted by Gasteiger charge is -2.08. The van der Waals surface area contributed by atoms with Gasteiger partial charge >= 0.3 is 0 Å². The minimum absolute atomic E-state index is 0.143. The smallest absolute Gasteiger partial charge is 0.262 e. The van der Waals surface area contributed by atoms with Crippen LogP contribution >= 0.6 is 23.2 Å². The molecule has 3 aromatic carbocycles. The number of nitrogens with zero attached hydrogens (tertiary/aromatic N) is 4. The van der Waals surface area contributed by atoms with Gasteiger partial charge in [-0.3, -0.25) is 4.79 Å². The summed E-state index contributed by atoms with van der Waals surface area (Å²) >= 11 is 12.6. The van der Waals surface area contributed by atoms with E-state index in [1.165, 1.54) is 18.3 Å². The Morgan fingerprint density at radius 1 is 0.761 bits per heavy atom. The summed E-state index contributed by atoms with van der Waals surface area (Å²) < 4.78 is 38.4. The van der Waals surface area contributed by atoms with Gasteiger partial charge in [0, 0.05) is 48.5 Å². The third kappa shape index (κ3) is 6.37. The Hall–Kier alpha value is -5.39. The highest BCUT2D eigenvalue weighted by molar-refractivity contribution is 6.34. The SMILES string of the molecule is Cc1nc2cc(Cl)c(-c3ccc(N)nc3)cc2o1.Cc1nc2cc(Cl)c(-c3ccc(NC(=O)c4c(F)cccc4F)nc3)cc2o1. The maximum atomic E-state index is 13.7. The molecule has 7 rings (SSSR count). The van der Waals surface area contributed by atoms with E-state index in [1.54, 1.807) is 50.4 Å². The Bertz CT molecular complexity index is 2220.